The number of nitrogens with zero attached hydrogens (tertiary/aromatic N) is 1. The van der Waals surface area contributed by atoms with Crippen molar-refractivity contribution in [3.05, 3.63) is 29.5 Å². The van der Waals surface area contributed by atoms with Crippen LogP contribution in [0, 0.1) is 17.8 Å². The van der Waals surface area contributed by atoms with E-state index in [4.69, 9.17) is 9.15 Å². The first kappa shape index (κ1) is 14.0. The minimum absolute atomic E-state index is 0.0989. The topological polar surface area (TPSA) is 52.3 Å². The van der Waals surface area contributed by atoms with Gasteiger partial charge in [0.05, 0.1) is 4.88 Å². The van der Waals surface area contributed by atoms with Gasteiger partial charge in [0, 0.05) is 6.42 Å². The van der Waals surface area contributed by atoms with Gasteiger partial charge in [-0.15, -0.1) is 11.3 Å². The maximum atomic E-state index is 12.0. The Balaban J connectivity index is 1.28. The first-order chi connectivity index (χ1) is 10.8. The van der Waals surface area contributed by atoms with Gasteiger partial charge in [-0.05, 0) is 48.5 Å². The summed E-state index contributed by atoms with van der Waals surface area (Å²) in [5.74, 6) is 2.67. The van der Waals surface area contributed by atoms with E-state index in [1.165, 1.54) is 25.7 Å². The molecule has 3 atom stereocenters. The minimum atomic E-state index is -0.0989. The highest BCUT2D eigenvalue weighted by Crippen LogP contribution is 2.49. The Kier molecular flexibility index (Phi) is 3.74. The van der Waals surface area contributed by atoms with Crippen LogP contribution in [-0.2, 0) is 16.1 Å². The minimum Gasteiger partial charge on any atom is -0.459 e. The van der Waals surface area contributed by atoms with E-state index < -0.39 is 0 Å². The van der Waals surface area contributed by atoms with Crippen molar-refractivity contribution in [1.82, 2.24) is 4.98 Å². The van der Waals surface area contributed by atoms with Gasteiger partial charge in [-0.2, -0.15) is 0 Å². The van der Waals surface area contributed by atoms with E-state index in [1.807, 2.05) is 17.5 Å². The molecule has 5 heteroatoms. The molecule has 22 heavy (non-hydrogen) atoms. The smallest absolute Gasteiger partial charge is 0.306 e. The number of oxazole rings is 1. The van der Waals surface area contributed by atoms with Crippen molar-refractivity contribution in [3.63, 3.8) is 0 Å². The number of carbonyl (C=O) groups excluding carboxylic acids is 1. The van der Waals surface area contributed by atoms with Crippen LogP contribution in [0.5, 0.6) is 0 Å². The van der Waals surface area contributed by atoms with Crippen LogP contribution >= 0.6 is 11.3 Å². The Bertz CT molecular complexity index is 649. The molecule has 4 nitrogen and oxygen atoms in total. The van der Waals surface area contributed by atoms with Crippen molar-refractivity contribution in [1.29, 1.82) is 0 Å². The second kappa shape index (κ2) is 5.88. The Labute approximate surface area is 133 Å². The van der Waals surface area contributed by atoms with Crippen molar-refractivity contribution in [3.8, 4) is 10.8 Å². The van der Waals surface area contributed by atoms with Gasteiger partial charge in [0.2, 0.25) is 5.89 Å². The number of rotatable bonds is 5. The van der Waals surface area contributed by atoms with Crippen LogP contribution in [-0.4, -0.2) is 11.0 Å². The van der Waals surface area contributed by atoms with Gasteiger partial charge >= 0.3 is 5.97 Å². The molecule has 4 rings (SSSR count). The van der Waals surface area contributed by atoms with Gasteiger partial charge in [-0.25, -0.2) is 4.98 Å². The Hall–Kier alpha value is -1.62. The number of hydrogen-bond acceptors (Lipinski definition) is 5. The van der Waals surface area contributed by atoms with Crippen LogP contribution in [0.2, 0.25) is 0 Å². The van der Waals surface area contributed by atoms with E-state index in [2.05, 4.69) is 4.98 Å². The van der Waals surface area contributed by atoms with Crippen LogP contribution in [0.15, 0.2) is 28.2 Å². The summed E-state index contributed by atoms with van der Waals surface area (Å²) < 4.78 is 10.8. The third kappa shape index (κ3) is 2.82. The highest BCUT2D eigenvalue weighted by molar-refractivity contribution is 7.13. The summed E-state index contributed by atoms with van der Waals surface area (Å²) in [5.41, 5.74) is 0.671. The fourth-order valence-electron chi connectivity index (χ4n) is 3.94. The molecule has 2 saturated carbocycles. The molecule has 0 amide bonds. The summed E-state index contributed by atoms with van der Waals surface area (Å²) in [7, 11) is 0. The average molecular weight is 317 g/mol. The number of esters is 1. The van der Waals surface area contributed by atoms with Gasteiger partial charge in [-0.1, -0.05) is 12.5 Å². The van der Waals surface area contributed by atoms with E-state index in [1.54, 1.807) is 17.6 Å². The molecular weight excluding hydrogens is 298 g/mol. The largest absolute Gasteiger partial charge is 0.459 e. The molecule has 3 unspecified atom stereocenters. The molecule has 2 bridgehead atoms. The maximum Gasteiger partial charge on any atom is 0.306 e. The van der Waals surface area contributed by atoms with Crippen molar-refractivity contribution in [2.75, 3.05) is 0 Å². The summed E-state index contributed by atoms with van der Waals surface area (Å²) in [6, 6.07) is 3.92. The van der Waals surface area contributed by atoms with Crippen LogP contribution in [0.1, 0.15) is 37.8 Å². The van der Waals surface area contributed by atoms with Gasteiger partial charge in [0.1, 0.15) is 18.6 Å². The quantitative estimate of drug-likeness (QED) is 0.773. The molecule has 116 valence electrons. The number of thiophene rings is 1. The summed E-state index contributed by atoms with van der Waals surface area (Å²) in [6.07, 6.45) is 7.34. The number of carbonyl (C=O) groups is 1. The van der Waals surface area contributed by atoms with E-state index >= 15 is 0 Å². The molecule has 0 N–H and O–H groups in total. The predicted molar refractivity (Wildman–Crippen MR) is 83.2 cm³/mol. The first-order valence-electron chi connectivity index (χ1n) is 7.92. The molecule has 2 aromatic heterocycles. The fraction of sp³-hybridized carbons (Fsp3) is 0.529. The highest BCUT2D eigenvalue weighted by atomic mass is 32.1. The van der Waals surface area contributed by atoms with E-state index in [0.717, 1.165) is 16.7 Å². The highest BCUT2D eigenvalue weighted by Gasteiger charge is 2.40. The summed E-state index contributed by atoms with van der Waals surface area (Å²) in [4.78, 5) is 17.4. The Morgan fingerprint density at radius 1 is 1.41 bits per heavy atom. The molecular formula is C17H19NO3S. The van der Waals surface area contributed by atoms with Crippen molar-refractivity contribution < 1.29 is 13.9 Å². The predicted octanol–water partition coefficient (Wildman–Crippen LogP) is 4.27. The van der Waals surface area contributed by atoms with Gasteiger partial charge in [-0.3, -0.25) is 4.79 Å². The molecule has 2 aromatic rings. The molecule has 0 radical (unpaired) electrons. The number of hydrogen-bond donors (Lipinski definition) is 0. The Morgan fingerprint density at radius 3 is 3.09 bits per heavy atom. The normalized spacial score (nSPS) is 26.5. The van der Waals surface area contributed by atoms with Crippen LogP contribution in [0.25, 0.3) is 10.8 Å². The van der Waals surface area contributed by atoms with Crippen molar-refractivity contribution >= 4 is 17.3 Å². The second-order valence-electron chi connectivity index (χ2n) is 6.42. The standard InChI is InChI=1S/C17H19NO3S/c19-16(8-13-7-11-3-4-12(13)6-11)20-9-14-10-21-17(18-14)15-2-1-5-22-15/h1-2,5,10-13H,3-4,6-9H2. The molecule has 2 aliphatic carbocycles. The summed E-state index contributed by atoms with van der Waals surface area (Å²) >= 11 is 1.58. The zero-order valence-electron chi connectivity index (χ0n) is 12.4. The first-order valence-corrected chi connectivity index (χ1v) is 8.80. The number of aromatic nitrogens is 1. The Morgan fingerprint density at radius 2 is 2.36 bits per heavy atom. The SMILES string of the molecule is O=C(CC1CC2CCC1C2)OCc1coc(-c2cccs2)n1. The van der Waals surface area contributed by atoms with Crippen LogP contribution in [0.3, 0.4) is 0 Å². The summed E-state index contributed by atoms with van der Waals surface area (Å²) in [5, 5.41) is 1.98. The molecule has 2 fully saturated rings. The lowest BCUT2D eigenvalue weighted by atomic mass is 9.86. The fourth-order valence-corrected chi connectivity index (χ4v) is 4.60. The number of fused-ring (bicyclic) bond motifs is 2. The molecule has 0 saturated heterocycles. The van der Waals surface area contributed by atoms with Crippen LogP contribution < -0.4 is 0 Å². The van der Waals surface area contributed by atoms with Gasteiger partial charge < -0.3 is 9.15 Å². The van der Waals surface area contributed by atoms with Gasteiger partial charge in [0.15, 0.2) is 0 Å². The van der Waals surface area contributed by atoms with Crippen molar-refractivity contribution in [2.45, 2.75) is 38.7 Å². The van der Waals surface area contributed by atoms with Gasteiger partial charge in [0.25, 0.3) is 0 Å². The molecule has 2 heterocycles. The lowest BCUT2D eigenvalue weighted by Crippen LogP contribution is -2.17. The van der Waals surface area contributed by atoms with Crippen molar-refractivity contribution in [2.24, 2.45) is 17.8 Å². The van der Waals surface area contributed by atoms with E-state index in [-0.39, 0.29) is 12.6 Å². The molecule has 2 aliphatic rings. The monoisotopic (exact) mass is 317 g/mol. The molecule has 0 aliphatic heterocycles. The zero-order chi connectivity index (χ0) is 14.9. The third-order valence-electron chi connectivity index (χ3n) is 4.98. The average Bonchev–Trinajstić information content (AvgIpc) is 3.27. The molecule has 0 aromatic carbocycles. The van der Waals surface area contributed by atoms with E-state index in [0.29, 0.717) is 23.9 Å². The molecule has 0 spiro atoms. The van der Waals surface area contributed by atoms with Crippen LogP contribution in [0.4, 0.5) is 0 Å². The summed E-state index contributed by atoms with van der Waals surface area (Å²) in [6.45, 7) is 0.203. The third-order valence-corrected chi connectivity index (χ3v) is 5.84. The lowest BCUT2D eigenvalue weighted by molar-refractivity contribution is -0.146. The maximum absolute atomic E-state index is 12.0. The zero-order valence-corrected chi connectivity index (χ0v) is 13.2. The second-order valence-corrected chi connectivity index (χ2v) is 7.37. The number of ether oxygens (including phenoxy) is 1. The van der Waals surface area contributed by atoms with E-state index in [9.17, 15) is 4.79 Å². The lowest BCUT2D eigenvalue weighted by Gasteiger charge is -2.20.